The highest BCUT2D eigenvalue weighted by Crippen LogP contribution is 2.20. The van der Waals surface area contributed by atoms with Gasteiger partial charge in [0.1, 0.15) is 0 Å². The third-order valence-corrected chi connectivity index (χ3v) is 5.17. The predicted molar refractivity (Wildman–Crippen MR) is 109 cm³/mol. The Balaban J connectivity index is 1.68. The van der Waals surface area contributed by atoms with Gasteiger partial charge in [-0.05, 0) is 43.2 Å². The number of carbonyl (C=O) groups is 2. The molecule has 28 heavy (non-hydrogen) atoms. The van der Waals surface area contributed by atoms with Crippen LogP contribution in [0.4, 0.5) is 5.69 Å². The number of anilines is 1. The van der Waals surface area contributed by atoms with Crippen molar-refractivity contribution in [3.8, 4) is 0 Å². The van der Waals surface area contributed by atoms with Gasteiger partial charge < -0.3 is 10.2 Å². The Kier molecular flexibility index (Phi) is 5.30. The summed E-state index contributed by atoms with van der Waals surface area (Å²) in [7, 11) is 0. The molecule has 1 aliphatic rings. The van der Waals surface area contributed by atoms with Crippen LogP contribution in [0, 0.1) is 0 Å². The van der Waals surface area contributed by atoms with Gasteiger partial charge in [-0.2, -0.15) is 0 Å². The van der Waals surface area contributed by atoms with Gasteiger partial charge in [-0.25, -0.2) is 4.98 Å². The van der Waals surface area contributed by atoms with E-state index in [1.54, 1.807) is 40.9 Å². The van der Waals surface area contributed by atoms with Crippen LogP contribution in [0.2, 0.25) is 5.02 Å². The Bertz CT molecular complexity index is 1020. The molecule has 1 fully saturated rings. The lowest BCUT2D eigenvalue weighted by atomic mass is 10.2. The van der Waals surface area contributed by atoms with Crippen LogP contribution in [0.25, 0.3) is 5.52 Å². The Morgan fingerprint density at radius 3 is 2.54 bits per heavy atom. The second kappa shape index (κ2) is 8.02. The van der Waals surface area contributed by atoms with Crippen molar-refractivity contribution in [1.29, 1.82) is 0 Å². The SMILES string of the molecule is O=C(Nc1cccc(Cl)c1)c1nc(C(=O)N2CCCCCC2)n2ccccc12. The van der Waals surface area contributed by atoms with Gasteiger partial charge in [-0.3, -0.25) is 14.0 Å². The maximum atomic E-state index is 13.1. The van der Waals surface area contributed by atoms with Crippen molar-refractivity contribution in [2.24, 2.45) is 0 Å². The van der Waals surface area contributed by atoms with Crippen molar-refractivity contribution in [3.63, 3.8) is 0 Å². The van der Waals surface area contributed by atoms with Crippen LogP contribution in [-0.4, -0.2) is 39.2 Å². The van der Waals surface area contributed by atoms with Gasteiger partial charge in [-0.1, -0.05) is 36.6 Å². The number of halogens is 1. The fraction of sp³-hybridized carbons (Fsp3) is 0.286. The molecule has 0 aliphatic carbocycles. The predicted octanol–water partition coefficient (Wildman–Crippen LogP) is 4.26. The first kappa shape index (κ1) is 18.5. The molecule has 0 spiro atoms. The summed E-state index contributed by atoms with van der Waals surface area (Å²) in [4.78, 5) is 32.2. The van der Waals surface area contributed by atoms with Gasteiger partial charge in [0, 0.05) is 30.0 Å². The molecule has 3 heterocycles. The molecule has 144 valence electrons. The molecule has 7 heteroatoms. The number of hydrogen-bond acceptors (Lipinski definition) is 3. The first-order valence-corrected chi connectivity index (χ1v) is 9.84. The third kappa shape index (κ3) is 3.73. The topological polar surface area (TPSA) is 66.7 Å². The molecule has 0 saturated carbocycles. The number of hydrogen-bond donors (Lipinski definition) is 1. The molecule has 1 aromatic carbocycles. The number of benzene rings is 1. The molecule has 4 rings (SSSR count). The van der Waals surface area contributed by atoms with E-state index in [0.29, 0.717) is 16.2 Å². The molecule has 2 amide bonds. The van der Waals surface area contributed by atoms with Crippen LogP contribution in [-0.2, 0) is 0 Å². The van der Waals surface area contributed by atoms with Gasteiger partial charge in [-0.15, -0.1) is 0 Å². The Morgan fingerprint density at radius 1 is 1.00 bits per heavy atom. The first-order valence-electron chi connectivity index (χ1n) is 9.47. The fourth-order valence-corrected chi connectivity index (χ4v) is 3.72. The van der Waals surface area contributed by atoms with Gasteiger partial charge >= 0.3 is 0 Å². The molecule has 1 saturated heterocycles. The number of pyridine rings is 1. The number of fused-ring (bicyclic) bond motifs is 1. The van der Waals surface area contributed by atoms with E-state index in [1.807, 2.05) is 17.0 Å². The van der Waals surface area contributed by atoms with E-state index in [1.165, 1.54) is 0 Å². The van der Waals surface area contributed by atoms with E-state index >= 15 is 0 Å². The average Bonchev–Trinajstić information content (AvgIpc) is 2.87. The summed E-state index contributed by atoms with van der Waals surface area (Å²) in [5.41, 5.74) is 1.40. The molecule has 0 bridgehead atoms. The number of rotatable bonds is 3. The van der Waals surface area contributed by atoms with Crippen LogP contribution < -0.4 is 5.32 Å². The zero-order valence-corrected chi connectivity index (χ0v) is 16.2. The number of aromatic nitrogens is 2. The molecular weight excluding hydrogens is 376 g/mol. The summed E-state index contributed by atoms with van der Waals surface area (Å²) in [5.74, 6) is -0.237. The first-order chi connectivity index (χ1) is 13.6. The maximum absolute atomic E-state index is 13.1. The minimum Gasteiger partial charge on any atom is -0.336 e. The lowest BCUT2D eigenvalue weighted by Crippen LogP contribution is -2.33. The molecule has 0 radical (unpaired) electrons. The molecule has 1 N–H and O–H groups in total. The van der Waals surface area contributed by atoms with Crippen molar-refractivity contribution in [3.05, 3.63) is 65.2 Å². The van der Waals surface area contributed by atoms with E-state index in [-0.39, 0.29) is 23.3 Å². The highest BCUT2D eigenvalue weighted by molar-refractivity contribution is 6.31. The third-order valence-electron chi connectivity index (χ3n) is 4.93. The number of carbonyl (C=O) groups excluding carboxylic acids is 2. The molecule has 1 aliphatic heterocycles. The second-order valence-corrected chi connectivity index (χ2v) is 7.35. The fourth-order valence-electron chi connectivity index (χ4n) is 3.53. The zero-order chi connectivity index (χ0) is 19.5. The van der Waals surface area contributed by atoms with Crippen LogP contribution in [0.15, 0.2) is 48.7 Å². The molecule has 2 aromatic heterocycles. The van der Waals surface area contributed by atoms with Gasteiger partial charge in [0.15, 0.2) is 5.69 Å². The van der Waals surface area contributed by atoms with Crippen molar-refractivity contribution in [2.45, 2.75) is 25.7 Å². The van der Waals surface area contributed by atoms with Crippen molar-refractivity contribution < 1.29 is 9.59 Å². The lowest BCUT2D eigenvalue weighted by molar-refractivity contribution is 0.0748. The number of imidazole rings is 1. The van der Waals surface area contributed by atoms with Gasteiger partial charge in [0.25, 0.3) is 11.8 Å². The minimum absolute atomic E-state index is 0.134. The highest BCUT2D eigenvalue weighted by Gasteiger charge is 2.25. The summed E-state index contributed by atoms with van der Waals surface area (Å²) in [6, 6.07) is 12.4. The van der Waals surface area contributed by atoms with Crippen molar-refractivity contribution in [1.82, 2.24) is 14.3 Å². The van der Waals surface area contributed by atoms with E-state index < -0.39 is 0 Å². The minimum atomic E-state index is -0.374. The van der Waals surface area contributed by atoms with Gasteiger partial charge in [0.05, 0.1) is 5.52 Å². The summed E-state index contributed by atoms with van der Waals surface area (Å²) >= 11 is 5.99. The summed E-state index contributed by atoms with van der Waals surface area (Å²) in [5, 5.41) is 3.34. The quantitative estimate of drug-likeness (QED) is 0.719. The van der Waals surface area contributed by atoms with Crippen molar-refractivity contribution in [2.75, 3.05) is 18.4 Å². The van der Waals surface area contributed by atoms with Crippen LogP contribution in [0.5, 0.6) is 0 Å². The van der Waals surface area contributed by atoms with E-state index in [0.717, 1.165) is 38.8 Å². The summed E-state index contributed by atoms with van der Waals surface area (Å²) in [6.45, 7) is 1.45. The highest BCUT2D eigenvalue weighted by atomic mass is 35.5. The van der Waals surface area contributed by atoms with E-state index in [4.69, 9.17) is 11.6 Å². The van der Waals surface area contributed by atoms with E-state index in [2.05, 4.69) is 10.3 Å². The normalized spacial score (nSPS) is 14.7. The molecule has 3 aromatic rings. The zero-order valence-electron chi connectivity index (χ0n) is 15.4. The Labute approximate surface area is 168 Å². The summed E-state index contributed by atoms with van der Waals surface area (Å²) in [6.07, 6.45) is 6.04. The number of nitrogens with one attached hydrogen (secondary N) is 1. The van der Waals surface area contributed by atoms with Gasteiger partial charge in [0.2, 0.25) is 5.82 Å². The monoisotopic (exact) mass is 396 g/mol. The van der Waals surface area contributed by atoms with E-state index in [9.17, 15) is 9.59 Å². The van der Waals surface area contributed by atoms with Crippen molar-refractivity contribution >= 4 is 34.6 Å². The van der Waals surface area contributed by atoms with Crippen LogP contribution >= 0.6 is 11.6 Å². The Hall–Kier alpha value is -2.86. The number of nitrogens with zero attached hydrogens (tertiary/aromatic N) is 3. The number of amides is 2. The standard InChI is InChI=1S/C21H21ClN4O2/c22-15-8-7-9-16(14-15)23-20(27)18-17-10-3-6-13-26(17)19(24-18)21(28)25-11-4-1-2-5-12-25/h3,6-10,13-14H,1-2,4-5,11-12H2,(H,23,27). The van der Waals surface area contributed by atoms with Crippen LogP contribution in [0.1, 0.15) is 46.8 Å². The molecule has 0 unspecified atom stereocenters. The molecular formula is C21H21ClN4O2. The molecule has 0 atom stereocenters. The maximum Gasteiger partial charge on any atom is 0.290 e. The lowest BCUT2D eigenvalue weighted by Gasteiger charge is -2.19. The van der Waals surface area contributed by atoms with Crippen LogP contribution in [0.3, 0.4) is 0 Å². The largest absolute Gasteiger partial charge is 0.336 e. The number of likely N-dealkylation sites (tertiary alicyclic amines) is 1. The summed E-state index contributed by atoms with van der Waals surface area (Å²) < 4.78 is 1.69. The molecule has 6 nitrogen and oxygen atoms in total. The smallest absolute Gasteiger partial charge is 0.290 e. The average molecular weight is 397 g/mol. The second-order valence-electron chi connectivity index (χ2n) is 6.91. The Morgan fingerprint density at radius 2 is 1.79 bits per heavy atom.